The predicted octanol–water partition coefficient (Wildman–Crippen LogP) is 2.93. The van der Waals surface area contributed by atoms with Gasteiger partial charge in [-0.3, -0.25) is 4.79 Å². The average molecular weight is 442 g/mol. The molecule has 0 amide bonds. The molecule has 5 rings (SSSR count). The van der Waals surface area contributed by atoms with E-state index in [0.29, 0.717) is 24.5 Å². The molecule has 2 aliphatic heterocycles. The maximum atomic E-state index is 13.0. The fourth-order valence-corrected chi connectivity index (χ4v) is 5.45. The molecule has 2 N–H and O–H groups in total. The summed E-state index contributed by atoms with van der Waals surface area (Å²) >= 11 is 0. The Morgan fingerprint density at radius 3 is 2.28 bits per heavy atom. The van der Waals surface area contributed by atoms with Crippen molar-refractivity contribution in [2.24, 2.45) is 11.8 Å². The van der Waals surface area contributed by atoms with Crippen LogP contribution < -0.4 is 18.9 Å². The molecule has 0 spiro atoms. The Labute approximate surface area is 185 Å². The number of rotatable bonds is 6. The van der Waals surface area contributed by atoms with Crippen LogP contribution in [0.15, 0.2) is 24.3 Å². The topological polar surface area (TPSA) is 104 Å². The molecular formula is C24H26O8. The van der Waals surface area contributed by atoms with E-state index >= 15 is 0 Å². The molecule has 1 aliphatic carbocycles. The number of fused-ring (bicyclic) bond motifs is 3. The minimum absolute atomic E-state index is 0.0419. The zero-order valence-corrected chi connectivity index (χ0v) is 18.0. The molecule has 4 atom stereocenters. The first-order chi connectivity index (χ1) is 15.6. The van der Waals surface area contributed by atoms with Crippen molar-refractivity contribution < 1.29 is 38.7 Å². The van der Waals surface area contributed by atoms with Crippen molar-refractivity contribution in [3.63, 3.8) is 0 Å². The van der Waals surface area contributed by atoms with Crippen LogP contribution in [0.25, 0.3) is 0 Å². The van der Waals surface area contributed by atoms with Crippen molar-refractivity contribution in [1.82, 2.24) is 0 Å². The van der Waals surface area contributed by atoms with Gasteiger partial charge in [-0.15, -0.1) is 0 Å². The number of benzene rings is 2. The molecule has 3 aliphatic rings. The second-order valence-corrected chi connectivity index (χ2v) is 8.38. The Morgan fingerprint density at radius 2 is 1.66 bits per heavy atom. The largest absolute Gasteiger partial charge is 0.502 e. The van der Waals surface area contributed by atoms with E-state index < -0.39 is 5.92 Å². The highest BCUT2D eigenvalue weighted by atomic mass is 16.7. The Balaban J connectivity index is 1.72. The molecule has 1 saturated heterocycles. The van der Waals surface area contributed by atoms with Gasteiger partial charge in [0.25, 0.3) is 0 Å². The molecule has 170 valence electrons. The third-order valence-corrected chi connectivity index (χ3v) is 6.87. The molecular weight excluding hydrogens is 416 g/mol. The molecule has 8 nitrogen and oxygen atoms in total. The van der Waals surface area contributed by atoms with Crippen molar-refractivity contribution in [1.29, 1.82) is 0 Å². The summed E-state index contributed by atoms with van der Waals surface area (Å²) in [5.74, 6) is 0.768. The van der Waals surface area contributed by atoms with Gasteiger partial charge in [0.15, 0.2) is 23.0 Å². The summed E-state index contributed by atoms with van der Waals surface area (Å²) in [5.41, 5.74) is 2.80. The number of carbonyl (C=O) groups is 1. The Hall–Kier alpha value is -3.13. The van der Waals surface area contributed by atoms with Gasteiger partial charge >= 0.3 is 5.97 Å². The summed E-state index contributed by atoms with van der Waals surface area (Å²) in [6, 6.07) is 7.43. The Morgan fingerprint density at radius 1 is 1.00 bits per heavy atom. The number of hydrogen-bond donors (Lipinski definition) is 2. The highest BCUT2D eigenvalue weighted by Gasteiger charge is 2.52. The van der Waals surface area contributed by atoms with Gasteiger partial charge in [-0.1, -0.05) is 0 Å². The first kappa shape index (κ1) is 20.8. The van der Waals surface area contributed by atoms with Gasteiger partial charge in [0.2, 0.25) is 12.5 Å². The van der Waals surface area contributed by atoms with E-state index in [1.807, 2.05) is 12.1 Å². The molecule has 0 saturated carbocycles. The monoisotopic (exact) mass is 442 g/mol. The molecule has 8 heteroatoms. The van der Waals surface area contributed by atoms with E-state index in [1.54, 1.807) is 12.1 Å². The number of hydrogen-bond acceptors (Lipinski definition) is 8. The van der Waals surface area contributed by atoms with Crippen LogP contribution in [0.4, 0.5) is 0 Å². The van der Waals surface area contributed by atoms with Gasteiger partial charge in [-0.2, -0.15) is 0 Å². The molecule has 2 aromatic rings. The van der Waals surface area contributed by atoms with Crippen LogP contribution in [0, 0.1) is 11.8 Å². The van der Waals surface area contributed by atoms with Crippen molar-refractivity contribution in [2.75, 3.05) is 34.2 Å². The van der Waals surface area contributed by atoms with Gasteiger partial charge in [0.1, 0.15) is 0 Å². The van der Waals surface area contributed by atoms with E-state index in [1.165, 1.54) is 14.2 Å². The number of carbonyl (C=O) groups excluding carboxylic acids is 1. The van der Waals surface area contributed by atoms with Gasteiger partial charge in [-0.25, -0.2) is 0 Å². The van der Waals surface area contributed by atoms with Gasteiger partial charge < -0.3 is 33.9 Å². The van der Waals surface area contributed by atoms with Gasteiger partial charge in [0.05, 0.1) is 26.7 Å². The van der Waals surface area contributed by atoms with Crippen LogP contribution in [0.3, 0.4) is 0 Å². The van der Waals surface area contributed by atoms with E-state index in [0.717, 1.165) is 23.1 Å². The van der Waals surface area contributed by atoms with E-state index in [9.17, 15) is 15.0 Å². The van der Waals surface area contributed by atoms with Crippen LogP contribution in [-0.4, -0.2) is 50.4 Å². The van der Waals surface area contributed by atoms with E-state index in [2.05, 4.69) is 0 Å². The van der Waals surface area contributed by atoms with Crippen molar-refractivity contribution in [2.45, 2.75) is 24.7 Å². The number of phenolic OH excluding ortho intramolecular Hbond substituents is 1. The SMILES string of the molecule is COc1cc([C@@H]2c3cc4c(cc3[C@@H](CCCO)C3COC(=O)[C@@H]32)OCO4)cc(OC)c1O. The number of phenols is 1. The first-order valence-corrected chi connectivity index (χ1v) is 10.7. The van der Waals surface area contributed by atoms with Crippen LogP contribution in [0.2, 0.25) is 0 Å². The minimum Gasteiger partial charge on any atom is -0.502 e. The molecule has 32 heavy (non-hydrogen) atoms. The van der Waals surface area contributed by atoms with Crippen LogP contribution in [-0.2, 0) is 9.53 Å². The summed E-state index contributed by atoms with van der Waals surface area (Å²) in [5, 5.41) is 19.9. The van der Waals surface area contributed by atoms with Gasteiger partial charge in [0, 0.05) is 18.4 Å². The van der Waals surface area contributed by atoms with Crippen LogP contribution in [0.5, 0.6) is 28.7 Å². The Bertz CT molecular complexity index is 1020. The summed E-state index contributed by atoms with van der Waals surface area (Å²) in [6.45, 7) is 0.564. The lowest BCUT2D eigenvalue weighted by molar-refractivity contribution is -0.141. The third-order valence-electron chi connectivity index (χ3n) is 6.87. The highest BCUT2D eigenvalue weighted by Crippen LogP contribution is 2.57. The Kier molecular flexibility index (Phi) is 5.25. The fourth-order valence-electron chi connectivity index (χ4n) is 5.45. The van der Waals surface area contributed by atoms with Crippen LogP contribution >= 0.6 is 0 Å². The summed E-state index contributed by atoms with van der Waals surface area (Å²) in [7, 11) is 2.95. The molecule has 2 aromatic carbocycles. The van der Waals surface area contributed by atoms with Crippen molar-refractivity contribution >= 4 is 5.97 Å². The molecule has 1 unspecified atom stereocenters. The van der Waals surface area contributed by atoms with Crippen molar-refractivity contribution in [3.8, 4) is 28.7 Å². The number of ether oxygens (including phenoxy) is 5. The zero-order chi connectivity index (χ0) is 22.4. The standard InChI is InChI=1S/C24H26O8/c1-28-19-6-12(7-20(29-2)23(19)26)21-15-9-18-17(31-11-32-18)8-14(15)13(4-3-5-25)16-10-30-24(27)22(16)21/h6-9,13,16,21-22,25-26H,3-5,10-11H2,1-2H3/t13-,16?,21-,22+/m1/s1. The van der Waals surface area contributed by atoms with Crippen LogP contribution in [0.1, 0.15) is 41.4 Å². The molecule has 0 aromatic heterocycles. The molecule has 2 heterocycles. The molecule has 1 fully saturated rings. The second kappa shape index (κ2) is 8.09. The number of cyclic esters (lactones) is 1. The summed E-state index contributed by atoms with van der Waals surface area (Å²) in [4.78, 5) is 13.0. The number of methoxy groups -OCH3 is 2. The highest BCUT2D eigenvalue weighted by molar-refractivity contribution is 5.79. The molecule has 0 radical (unpaired) electrons. The zero-order valence-electron chi connectivity index (χ0n) is 18.0. The minimum atomic E-state index is -0.412. The van der Waals surface area contributed by atoms with Crippen molar-refractivity contribution in [3.05, 3.63) is 41.0 Å². The molecule has 0 bridgehead atoms. The third kappa shape index (κ3) is 3.12. The number of esters is 1. The maximum Gasteiger partial charge on any atom is 0.310 e. The lowest BCUT2D eigenvalue weighted by Gasteiger charge is -2.39. The fraction of sp³-hybridized carbons (Fsp3) is 0.458. The number of aromatic hydroxyl groups is 1. The summed E-state index contributed by atoms with van der Waals surface area (Å²) < 4.78 is 27.6. The van der Waals surface area contributed by atoms with E-state index in [-0.39, 0.29) is 54.4 Å². The first-order valence-electron chi connectivity index (χ1n) is 10.7. The number of aliphatic hydroxyl groups is 1. The summed E-state index contributed by atoms with van der Waals surface area (Å²) in [6.07, 6.45) is 1.36. The number of aliphatic hydroxyl groups excluding tert-OH is 1. The average Bonchev–Trinajstić information content (AvgIpc) is 3.42. The quantitative estimate of drug-likeness (QED) is 0.659. The van der Waals surface area contributed by atoms with Gasteiger partial charge in [-0.05, 0) is 59.7 Å². The van der Waals surface area contributed by atoms with E-state index in [4.69, 9.17) is 23.7 Å². The second-order valence-electron chi connectivity index (χ2n) is 8.38. The smallest absolute Gasteiger partial charge is 0.310 e. The lowest BCUT2D eigenvalue weighted by Crippen LogP contribution is -2.34. The normalized spacial score (nSPS) is 25.2. The lowest BCUT2D eigenvalue weighted by atomic mass is 9.62. The predicted molar refractivity (Wildman–Crippen MR) is 113 cm³/mol. The maximum absolute atomic E-state index is 13.0.